The van der Waals surface area contributed by atoms with Crippen molar-refractivity contribution in [1.82, 2.24) is 5.32 Å². The molecule has 0 saturated carbocycles. The highest BCUT2D eigenvalue weighted by Gasteiger charge is 2.08. The number of furan rings is 1. The molecule has 0 aliphatic carbocycles. The van der Waals surface area contributed by atoms with Crippen LogP contribution in [0.3, 0.4) is 0 Å². The van der Waals surface area contributed by atoms with Crippen molar-refractivity contribution in [2.24, 2.45) is 0 Å². The van der Waals surface area contributed by atoms with Crippen LogP contribution in [0.1, 0.15) is 34.6 Å². The lowest BCUT2D eigenvalue weighted by atomic mass is 10.1. The molecular formula is C18H23NO3. The third-order valence-electron chi connectivity index (χ3n) is 3.76. The van der Waals surface area contributed by atoms with Crippen molar-refractivity contribution >= 4 is 5.91 Å². The van der Waals surface area contributed by atoms with E-state index < -0.39 is 0 Å². The van der Waals surface area contributed by atoms with Gasteiger partial charge in [-0.25, -0.2) is 0 Å². The molecule has 0 aliphatic rings. The standard InChI is InChI=1S/C18H23NO3/c1-12-6-5-7-17(14(12)3)21-9-8-18(20)19-11-16-10-13(2)22-15(16)4/h5-7,10H,8-9,11H2,1-4H3,(H,19,20). The minimum Gasteiger partial charge on any atom is -0.493 e. The predicted molar refractivity (Wildman–Crippen MR) is 86.1 cm³/mol. The van der Waals surface area contributed by atoms with Gasteiger partial charge in [-0.1, -0.05) is 12.1 Å². The first-order valence-corrected chi connectivity index (χ1v) is 7.49. The summed E-state index contributed by atoms with van der Waals surface area (Å²) < 4.78 is 11.1. The number of carbonyl (C=O) groups excluding carboxylic acids is 1. The predicted octanol–water partition coefficient (Wildman–Crippen LogP) is 3.60. The van der Waals surface area contributed by atoms with Crippen LogP contribution < -0.4 is 10.1 Å². The van der Waals surface area contributed by atoms with Gasteiger partial charge in [-0.3, -0.25) is 4.79 Å². The SMILES string of the molecule is Cc1cc(CNC(=O)CCOc2cccc(C)c2C)c(C)o1. The van der Waals surface area contributed by atoms with E-state index in [1.54, 1.807) is 0 Å². The second kappa shape index (κ2) is 7.16. The Bertz CT molecular complexity index is 658. The Morgan fingerprint density at radius 1 is 1.23 bits per heavy atom. The summed E-state index contributed by atoms with van der Waals surface area (Å²) >= 11 is 0. The van der Waals surface area contributed by atoms with E-state index in [1.165, 1.54) is 5.56 Å². The molecule has 0 unspecified atom stereocenters. The molecule has 0 atom stereocenters. The van der Waals surface area contributed by atoms with Gasteiger partial charge >= 0.3 is 0 Å². The number of carbonyl (C=O) groups is 1. The van der Waals surface area contributed by atoms with Crippen LogP contribution >= 0.6 is 0 Å². The summed E-state index contributed by atoms with van der Waals surface area (Å²) in [7, 11) is 0. The van der Waals surface area contributed by atoms with Crippen LogP contribution in [0, 0.1) is 27.7 Å². The van der Waals surface area contributed by atoms with Crippen molar-refractivity contribution < 1.29 is 13.9 Å². The second-order valence-electron chi connectivity index (χ2n) is 5.51. The smallest absolute Gasteiger partial charge is 0.223 e. The molecule has 0 radical (unpaired) electrons. The molecule has 0 fully saturated rings. The fraction of sp³-hybridized carbons (Fsp3) is 0.389. The normalized spacial score (nSPS) is 10.5. The van der Waals surface area contributed by atoms with E-state index in [0.717, 1.165) is 28.4 Å². The minimum absolute atomic E-state index is 0.0245. The van der Waals surface area contributed by atoms with E-state index in [-0.39, 0.29) is 5.91 Å². The molecule has 0 spiro atoms. The van der Waals surface area contributed by atoms with E-state index >= 15 is 0 Å². The third-order valence-corrected chi connectivity index (χ3v) is 3.76. The molecule has 1 amide bonds. The summed E-state index contributed by atoms with van der Waals surface area (Å²) in [6.45, 7) is 8.73. The molecule has 1 heterocycles. The molecule has 1 N–H and O–H groups in total. The van der Waals surface area contributed by atoms with E-state index in [2.05, 4.69) is 5.32 Å². The zero-order valence-corrected chi connectivity index (χ0v) is 13.7. The largest absolute Gasteiger partial charge is 0.493 e. The molecule has 4 nitrogen and oxygen atoms in total. The van der Waals surface area contributed by atoms with Gasteiger partial charge in [-0.05, 0) is 51.0 Å². The fourth-order valence-electron chi connectivity index (χ4n) is 2.28. The number of nitrogens with one attached hydrogen (secondary N) is 1. The van der Waals surface area contributed by atoms with Crippen molar-refractivity contribution in [3.63, 3.8) is 0 Å². The van der Waals surface area contributed by atoms with Gasteiger partial charge in [0, 0.05) is 12.1 Å². The number of hydrogen-bond donors (Lipinski definition) is 1. The first-order chi connectivity index (χ1) is 10.5. The van der Waals surface area contributed by atoms with Crippen LogP contribution in [0.5, 0.6) is 5.75 Å². The summed E-state index contributed by atoms with van der Waals surface area (Å²) in [5, 5.41) is 2.89. The summed E-state index contributed by atoms with van der Waals surface area (Å²) in [5.74, 6) is 2.53. The number of benzene rings is 1. The van der Waals surface area contributed by atoms with Crippen LogP contribution in [0.2, 0.25) is 0 Å². The van der Waals surface area contributed by atoms with Gasteiger partial charge in [-0.2, -0.15) is 0 Å². The average Bonchev–Trinajstić information content (AvgIpc) is 2.79. The topological polar surface area (TPSA) is 51.5 Å². The molecule has 0 saturated heterocycles. The van der Waals surface area contributed by atoms with E-state index in [1.807, 2.05) is 52.0 Å². The summed E-state index contributed by atoms with van der Waals surface area (Å²) in [6.07, 6.45) is 0.337. The van der Waals surface area contributed by atoms with Gasteiger partial charge in [0.2, 0.25) is 5.91 Å². The Morgan fingerprint density at radius 2 is 2.00 bits per heavy atom. The molecule has 2 aromatic rings. The number of rotatable bonds is 6. The lowest BCUT2D eigenvalue weighted by Gasteiger charge is -2.10. The van der Waals surface area contributed by atoms with Gasteiger partial charge in [0.05, 0.1) is 13.0 Å². The van der Waals surface area contributed by atoms with Crippen LogP contribution in [0.25, 0.3) is 0 Å². The third kappa shape index (κ3) is 4.13. The summed E-state index contributed by atoms with van der Waals surface area (Å²) in [4.78, 5) is 11.9. The van der Waals surface area contributed by atoms with E-state index in [0.29, 0.717) is 19.6 Å². The molecule has 1 aromatic heterocycles. The van der Waals surface area contributed by atoms with E-state index in [4.69, 9.17) is 9.15 Å². The highest BCUT2D eigenvalue weighted by atomic mass is 16.5. The Kier molecular flexibility index (Phi) is 5.26. The second-order valence-corrected chi connectivity index (χ2v) is 5.51. The molecule has 118 valence electrons. The van der Waals surface area contributed by atoms with Crippen molar-refractivity contribution in [3.05, 3.63) is 52.5 Å². The molecule has 4 heteroatoms. The van der Waals surface area contributed by atoms with Gasteiger partial charge in [-0.15, -0.1) is 0 Å². The Balaban J connectivity index is 1.76. The Morgan fingerprint density at radius 3 is 2.68 bits per heavy atom. The van der Waals surface area contributed by atoms with Crippen LogP contribution in [-0.4, -0.2) is 12.5 Å². The Labute approximate surface area is 131 Å². The van der Waals surface area contributed by atoms with Crippen LogP contribution in [-0.2, 0) is 11.3 Å². The molecule has 0 aliphatic heterocycles. The molecule has 22 heavy (non-hydrogen) atoms. The number of amides is 1. The first kappa shape index (κ1) is 16.1. The molecule has 1 aromatic carbocycles. The fourth-order valence-corrected chi connectivity index (χ4v) is 2.28. The Hall–Kier alpha value is -2.23. The van der Waals surface area contributed by atoms with Gasteiger partial charge in [0.15, 0.2) is 0 Å². The maximum atomic E-state index is 11.9. The minimum atomic E-state index is -0.0245. The molecule has 0 bridgehead atoms. The monoisotopic (exact) mass is 301 g/mol. The van der Waals surface area contributed by atoms with Crippen molar-refractivity contribution in [2.45, 2.75) is 40.7 Å². The zero-order valence-electron chi connectivity index (χ0n) is 13.7. The number of hydrogen-bond acceptors (Lipinski definition) is 3. The summed E-state index contributed by atoms with van der Waals surface area (Å²) in [6, 6.07) is 7.88. The van der Waals surface area contributed by atoms with Crippen molar-refractivity contribution in [3.8, 4) is 5.75 Å². The average molecular weight is 301 g/mol. The van der Waals surface area contributed by atoms with Gasteiger partial charge < -0.3 is 14.5 Å². The van der Waals surface area contributed by atoms with E-state index in [9.17, 15) is 4.79 Å². The quantitative estimate of drug-likeness (QED) is 0.887. The first-order valence-electron chi connectivity index (χ1n) is 7.49. The van der Waals surface area contributed by atoms with Crippen molar-refractivity contribution in [1.29, 1.82) is 0 Å². The lowest BCUT2D eigenvalue weighted by molar-refractivity contribution is -0.121. The van der Waals surface area contributed by atoms with Crippen molar-refractivity contribution in [2.75, 3.05) is 6.61 Å². The maximum absolute atomic E-state index is 11.9. The highest BCUT2D eigenvalue weighted by molar-refractivity contribution is 5.76. The maximum Gasteiger partial charge on any atom is 0.223 e. The lowest BCUT2D eigenvalue weighted by Crippen LogP contribution is -2.24. The molecular weight excluding hydrogens is 278 g/mol. The van der Waals surface area contributed by atoms with Gasteiger partial charge in [0.25, 0.3) is 0 Å². The zero-order chi connectivity index (χ0) is 16.1. The number of aryl methyl sites for hydroxylation is 3. The van der Waals surface area contributed by atoms with Crippen LogP contribution in [0.4, 0.5) is 0 Å². The molecule has 2 rings (SSSR count). The van der Waals surface area contributed by atoms with Gasteiger partial charge in [0.1, 0.15) is 17.3 Å². The van der Waals surface area contributed by atoms with Crippen LogP contribution in [0.15, 0.2) is 28.7 Å². The summed E-state index contributed by atoms with van der Waals surface area (Å²) in [5.41, 5.74) is 3.32. The highest BCUT2D eigenvalue weighted by Crippen LogP contribution is 2.20. The number of ether oxygens (including phenoxy) is 1.